The van der Waals surface area contributed by atoms with Crippen molar-refractivity contribution in [1.82, 2.24) is 20.1 Å². The Morgan fingerprint density at radius 3 is 2.76 bits per heavy atom. The second kappa shape index (κ2) is 7.61. The number of nitrogens with one attached hydrogen (secondary N) is 2. The molecule has 0 unspecified atom stereocenters. The van der Waals surface area contributed by atoms with E-state index in [0.29, 0.717) is 6.54 Å². The summed E-state index contributed by atoms with van der Waals surface area (Å²) in [5.41, 5.74) is 2.91. The van der Waals surface area contributed by atoms with Gasteiger partial charge in [0.25, 0.3) is 11.5 Å². The van der Waals surface area contributed by atoms with Crippen LogP contribution in [0.15, 0.2) is 59.7 Å². The minimum absolute atomic E-state index is 0.135. The standard InChI is InChI=1S/C19H20N4O2/c1-14-15(13-23(22-14)16-8-3-2-4-9-16)7-5-11-20-18(24)17-10-6-12-21-19(17)25/h2-4,6,8-10,12-13H,5,7,11H2,1H3,(H,20,24)(H,21,25). The SMILES string of the molecule is Cc1nn(-c2ccccc2)cc1CCCNC(=O)c1ccc[nH]c1=O. The molecule has 0 aliphatic rings. The summed E-state index contributed by atoms with van der Waals surface area (Å²) in [6.07, 6.45) is 5.11. The van der Waals surface area contributed by atoms with Gasteiger partial charge in [0.05, 0.1) is 11.4 Å². The van der Waals surface area contributed by atoms with E-state index < -0.39 is 0 Å². The predicted octanol–water partition coefficient (Wildman–Crippen LogP) is 2.23. The van der Waals surface area contributed by atoms with Crippen molar-refractivity contribution >= 4 is 5.91 Å². The average molecular weight is 336 g/mol. The smallest absolute Gasteiger partial charge is 0.260 e. The second-order valence-corrected chi connectivity index (χ2v) is 5.79. The zero-order valence-electron chi connectivity index (χ0n) is 14.0. The number of aryl methyl sites for hydroxylation is 2. The molecule has 0 bridgehead atoms. The molecule has 0 saturated carbocycles. The fourth-order valence-electron chi connectivity index (χ4n) is 2.63. The topological polar surface area (TPSA) is 79.8 Å². The molecule has 0 fully saturated rings. The van der Waals surface area contributed by atoms with E-state index in [2.05, 4.69) is 15.4 Å². The molecule has 6 heteroatoms. The summed E-state index contributed by atoms with van der Waals surface area (Å²) in [5, 5.41) is 7.32. The molecule has 2 aromatic heterocycles. The van der Waals surface area contributed by atoms with Crippen molar-refractivity contribution < 1.29 is 4.79 Å². The maximum Gasteiger partial charge on any atom is 0.260 e. The largest absolute Gasteiger partial charge is 0.352 e. The van der Waals surface area contributed by atoms with Crippen molar-refractivity contribution in [1.29, 1.82) is 0 Å². The highest BCUT2D eigenvalue weighted by Gasteiger charge is 2.09. The van der Waals surface area contributed by atoms with Crippen LogP contribution in [0.2, 0.25) is 0 Å². The lowest BCUT2D eigenvalue weighted by molar-refractivity contribution is 0.0951. The molecular weight excluding hydrogens is 316 g/mol. The number of amides is 1. The number of hydrogen-bond donors (Lipinski definition) is 2. The van der Waals surface area contributed by atoms with Crippen LogP contribution in [-0.2, 0) is 6.42 Å². The van der Waals surface area contributed by atoms with Gasteiger partial charge in [0, 0.05) is 18.9 Å². The molecule has 3 rings (SSSR count). The van der Waals surface area contributed by atoms with E-state index in [-0.39, 0.29) is 17.0 Å². The molecule has 1 aromatic carbocycles. The van der Waals surface area contributed by atoms with E-state index >= 15 is 0 Å². The number of benzene rings is 1. The normalized spacial score (nSPS) is 10.6. The van der Waals surface area contributed by atoms with E-state index in [9.17, 15) is 9.59 Å². The van der Waals surface area contributed by atoms with Gasteiger partial charge in [0.15, 0.2) is 0 Å². The molecule has 2 N–H and O–H groups in total. The molecule has 0 aliphatic heterocycles. The van der Waals surface area contributed by atoms with Crippen LogP contribution in [0.4, 0.5) is 0 Å². The Labute approximate surface area is 145 Å². The molecule has 128 valence electrons. The fourth-order valence-corrected chi connectivity index (χ4v) is 2.63. The lowest BCUT2D eigenvalue weighted by Gasteiger charge is -2.04. The van der Waals surface area contributed by atoms with Gasteiger partial charge in [-0.15, -0.1) is 0 Å². The number of nitrogens with zero attached hydrogens (tertiary/aromatic N) is 2. The molecule has 0 saturated heterocycles. The van der Waals surface area contributed by atoms with Gasteiger partial charge in [-0.1, -0.05) is 18.2 Å². The van der Waals surface area contributed by atoms with Crippen LogP contribution in [0.1, 0.15) is 28.0 Å². The molecule has 3 aromatic rings. The van der Waals surface area contributed by atoms with Crippen molar-refractivity contribution in [3.8, 4) is 5.69 Å². The van der Waals surface area contributed by atoms with Crippen molar-refractivity contribution in [2.75, 3.05) is 6.54 Å². The van der Waals surface area contributed by atoms with Crippen LogP contribution in [0.25, 0.3) is 5.69 Å². The van der Waals surface area contributed by atoms with Crippen LogP contribution >= 0.6 is 0 Å². The van der Waals surface area contributed by atoms with Gasteiger partial charge in [-0.05, 0) is 49.6 Å². The zero-order valence-corrected chi connectivity index (χ0v) is 14.0. The minimum atomic E-state index is -0.375. The first-order chi connectivity index (χ1) is 12.1. The van der Waals surface area contributed by atoms with Gasteiger partial charge in [-0.2, -0.15) is 5.10 Å². The van der Waals surface area contributed by atoms with Crippen molar-refractivity contribution in [3.63, 3.8) is 0 Å². The molecule has 0 aliphatic carbocycles. The number of carbonyl (C=O) groups is 1. The van der Waals surface area contributed by atoms with E-state index in [0.717, 1.165) is 29.8 Å². The van der Waals surface area contributed by atoms with Crippen molar-refractivity contribution in [2.24, 2.45) is 0 Å². The Kier molecular flexibility index (Phi) is 5.09. The Morgan fingerprint density at radius 1 is 1.20 bits per heavy atom. The number of pyridine rings is 1. The second-order valence-electron chi connectivity index (χ2n) is 5.79. The molecule has 1 amide bonds. The third-order valence-electron chi connectivity index (χ3n) is 3.99. The van der Waals surface area contributed by atoms with Crippen LogP contribution < -0.4 is 10.9 Å². The Morgan fingerprint density at radius 2 is 2.00 bits per heavy atom. The van der Waals surface area contributed by atoms with E-state index in [1.54, 1.807) is 6.07 Å². The fraction of sp³-hybridized carbons (Fsp3) is 0.211. The zero-order chi connectivity index (χ0) is 17.6. The maximum absolute atomic E-state index is 12.0. The number of para-hydroxylation sites is 1. The number of carbonyl (C=O) groups excluding carboxylic acids is 1. The summed E-state index contributed by atoms with van der Waals surface area (Å²) in [5.74, 6) is -0.349. The molecule has 0 atom stereocenters. The quantitative estimate of drug-likeness (QED) is 0.678. The number of aromatic nitrogens is 3. The highest BCUT2D eigenvalue weighted by atomic mass is 16.2. The monoisotopic (exact) mass is 336 g/mol. The molecule has 25 heavy (non-hydrogen) atoms. The van der Waals surface area contributed by atoms with E-state index in [4.69, 9.17) is 0 Å². The van der Waals surface area contributed by atoms with Gasteiger partial charge in [0.1, 0.15) is 5.56 Å². The lowest BCUT2D eigenvalue weighted by atomic mass is 10.1. The van der Waals surface area contributed by atoms with Gasteiger partial charge < -0.3 is 10.3 Å². The molecular formula is C19H20N4O2. The number of aromatic amines is 1. The average Bonchev–Trinajstić information content (AvgIpc) is 3.00. The lowest BCUT2D eigenvalue weighted by Crippen LogP contribution is -2.30. The number of rotatable bonds is 6. The minimum Gasteiger partial charge on any atom is -0.352 e. The summed E-state index contributed by atoms with van der Waals surface area (Å²) in [4.78, 5) is 26.1. The summed E-state index contributed by atoms with van der Waals surface area (Å²) >= 11 is 0. The molecule has 6 nitrogen and oxygen atoms in total. The highest BCUT2D eigenvalue weighted by Crippen LogP contribution is 2.13. The summed E-state index contributed by atoms with van der Waals surface area (Å²) in [7, 11) is 0. The summed E-state index contributed by atoms with van der Waals surface area (Å²) in [6.45, 7) is 2.49. The van der Waals surface area contributed by atoms with Crippen molar-refractivity contribution in [3.05, 3.63) is 82.0 Å². The maximum atomic E-state index is 12.0. The Balaban J connectivity index is 1.55. The third kappa shape index (κ3) is 4.03. The van der Waals surface area contributed by atoms with Gasteiger partial charge in [-0.3, -0.25) is 9.59 Å². The first-order valence-corrected chi connectivity index (χ1v) is 8.21. The molecule has 2 heterocycles. The van der Waals surface area contributed by atoms with E-state index in [1.807, 2.05) is 48.1 Å². The Hall–Kier alpha value is -3.15. The van der Waals surface area contributed by atoms with Crippen LogP contribution in [0.5, 0.6) is 0 Å². The molecule has 0 spiro atoms. The van der Waals surface area contributed by atoms with Crippen molar-refractivity contribution in [2.45, 2.75) is 19.8 Å². The number of hydrogen-bond acceptors (Lipinski definition) is 3. The first-order valence-electron chi connectivity index (χ1n) is 8.21. The summed E-state index contributed by atoms with van der Waals surface area (Å²) < 4.78 is 1.87. The Bertz CT molecular complexity index is 912. The predicted molar refractivity (Wildman–Crippen MR) is 96.0 cm³/mol. The van der Waals surface area contributed by atoms with E-state index in [1.165, 1.54) is 12.3 Å². The van der Waals surface area contributed by atoms with Gasteiger partial charge in [0.2, 0.25) is 0 Å². The van der Waals surface area contributed by atoms with Crippen LogP contribution in [-0.4, -0.2) is 27.2 Å². The first kappa shape index (κ1) is 16.7. The number of H-pyrrole nitrogens is 1. The third-order valence-corrected chi connectivity index (χ3v) is 3.99. The highest BCUT2D eigenvalue weighted by molar-refractivity contribution is 5.93. The van der Waals surface area contributed by atoms with Crippen LogP contribution in [0, 0.1) is 6.92 Å². The molecule has 0 radical (unpaired) electrons. The van der Waals surface area contributed by atoms with Gasteiger partial charge >= 0.3 is 0 Å². The van der Waals surface area contributed by atoms with Crippen LogP contribution in [0.3, 0.4) is 0 Å². The van der Waals surface area contributed by atoms with Gasteiger partial charge in [-0.25, -0.2) is 4.68 Å². The summed E-state index contributed by atoms with van der Waals surface area (Å²) in [6, 6.07) is 13.1.